The van der Waals surface area contributed by atoms with Crippen LogP contribution in [-0.2, 0) is 14.3 Å². The summed E-state index contributed by atoms with van der Waals surface area (Å²) >= 11 is 0. The molecule has 1 aromatic carbocycles. The van der Waals surface area contributed by atoms with Crippen molar-refractivity contribution in [3.8, 4) is 0 Å². The smallest absolute Gasteiger partial charge is 0.329 e. The fourth-order valence-electron chi connectivity index (χ4n) is 2.04. The van der Waals surface area contributed by atoms with Crippen LogP contribution in [0, 0.1) is 12.8 Å². The van der Waals surface area contributed by atoms with E-state index in [1.165, 1.54) is 13.0 Å². The summed E-state index contributed by atoms with van der Waals surface area (Å²) in [5, 5.41) is 5.23. The number of benzene rings is 1. The molecule has 2 amide bonds. The SMILES string of the molecule is C=CCNC(=O)C(C)OC(=O)[C@@H](NC(=O)c1ccc(C)cc1)C(C)C. The molecule has 0 bridgehead atoms. The molecule has 0 heterocycles. The van der Waals surface area contributed by atoms with Crippen LogP contribution in [0.15, 0.2) is 36.9 Å². The fourth-order valence-corrected chi connectivity index (χ4v) is 2.04. The summed E-state index contributed by atoms with van der Waals surface area (Å²) in [6, 6.07) is 6.19. The average Bonchev–Trinajstić information content (AvgIpc) is 2.57. The van der Waals surface area contributed by atoms with E-state index in [1.54, 1.807) is 26.0 Å². The number of carbonyl (C=O) groups is 3. The molecule has 0 saturated carbocycles. The topological polar surface area (TPSA) is 84.5 Å². The van der Waals surface area contributed by atoms with Gasteiger partial charge >= 0.3 is 5.97 Å². The summed E-state index contributed by atoms with van der Waals surface area (Å²) in [5.41, 5.74) is 1.50. The van der Waals surface area contributed by atoms with Crippen LogP contribution >= 0.6 is 0 Å². The first-order chi connectivity index (χ1) is 11.8. The van der Waals surface area contributed by atoms with Gasteiger partial charge in [0.1, 0.15) is 6.04 Å². The number of hydrogen-bond acceptors (Lipinski definition) is 4. The van der Waals surface area contributed by atoms with E-state index in [-0.39, 0.29) is 11.8 Å². The van der Waals surface area contributed by atoms with E-state index in [1.807, 2.05) is 19.1 Å². The predicted octanol–water partition coefficient (Wildman–Crippen LogP) is 1.98. The van der Waals surface area contributed by atoms with Gasteiger partial charge in [0, 0.05) is 12.1 Å². The van der Waals surface area contributed by atoms with Gasteiger partial charge in [-0.3, -0.25) is 9.59 Å². The Labute approximate surface area is 148 Å². The van der Waals surface area contributed by atoms with Crippen molar-refractivity contribution in [2.75, 3.05) is 6.54 Å². The molecule has 0 aliphatic carbocycles. The van der Waals surface area contributed by atoms with Gasteiger partial charge in [-0.25, -0.2) is 4.79 Å². The minimum atomic E-state index is -0.954. The Bertz CT molecular complexity index is 623. The molecule has 2 N–H and O–H groups in total. The molecule has 6 nitrogen and oxygen atoms in total. The van der Waals surface area contributed by atoms with Gasteiger partial charge in [0.2, 0.25) is 0 Å². The van der Waals surface area contributed by atoms with Crippen molar-refractivity contribution in [3.05, 3.63) is 48.0 Å². The highest BCUT2D eigenvalue weighted by Gasteiger charge is 2.29. The summed E-state index contributed by atoms with van der Waals surface area (Å²) in [4.78, 5) is 36.5. The lowest BCUT2D eigenvalue weighted by atomic mass is 10.0. The Kier molecular flexibility index (Phi) is 7.85. The maximum atomic E-state index is 12.4. The summed E-state index contributed by atoms with van der Waals surface area (Å²) in [6.07, 6.45) is 0.579. The number of rotatable bonds is 8. The lowest BCUT2D eigenvalue weighted by molar-refractivity contribution is -0.157. The molecule has 0 aliphatic heterocycles. The van der Waals surface area contributed by atoms with E-state index in [0.29, 0.717) is 12.1 Å². The Balaban J connectivity index is 2.73. The maximum Gasteiger partial charge on any atom is 0.329 e. The summed E-state index contributed by atoms with van der Waals surface area (Å²) < 4.78 is 5.19. The van der Waals surface area contributed by atoms with Gasteiger partial charge in [-0.15, -0.1) is 6.58 Å². The zero-order chi connectivity index (χ0) is 19.0. The Hall–Kier alpha value is -2.63. The molecule has 0 spiro atoms. The van der Waals surface area contributed by atoms with Gasteiger partial charge in [-0.1, -0.05) is 37.6 Å². The van der Waals surface area contributed by atoms with Crippen molar-refractivity contribution < 1.29 is 19.1 Å². The highest BCUT2D eigenvalue weighted by atomic mass is 16.5. The second kappa shape index (κ2) is 9.61. The second-order valence-electron chi connectivity index (χ2n) is 6.17. The van der Waals surface area contributed by atoms with Crippen LogP contribution in [0.1, 0.15) is 36.7 Å². The zero-order valence-corrected chi connectivity index (χ0v) is 15.2. The van der Waals surface area contributed by atoms with Crippen LogP contribution in [0.2, 0.25) is 0 Å². The monoisotopic (exact) mass is 346 g/mol. The maximum absolute atomic E-state index is 12.4. The third-order valence-electron chi connectivity index (χ3n) is 3.60. The molecule has 25 heavy (non-hydrogen) atoms. The number of esters is 1. The van der Waals surface area contributed by atoms with Crippen molar-refractivity contribution in [3.63, 3.8) is 0 Å². The Morgan fingerprint density at radius 3 is 2.28 bits per heavy atom. The third kappa shape index (κ3) is 6.41. The minimum absolute atomic E-state index is 0.190. The molecule has 1 aromatic rings. The first-order valence-corrected chi connectivity index (χ1v) is 8.23. The van der Waals surface area contributed by atoms with Crippen LogP contribution in [0.3, 0.4) is 0 Å². The minimum Gasteiger partial charge on any atom is -0.451 e. The van der Waals surface area contributed by atoms with Gasteiger partial charge in [0.25, 0.3) is 11.8 Å². The van der Waals surface area contributed by atoms with Crippen LogP contribution in [0.5, 0.6) is 0 Å². The fraction of sp³-hybridized carbons (Fsp3) is 0.421. The molecule has 0 radical (unpaired) electrons. The first-order valence-electron chi connectivity index (χ1n) is 8.23. The molecular formula is C19H26N2O4. The standard InChI is InChI=1S/C19H26N2O4/c1-6-11-20-17(22)14(5)25-19(24)16(12(2)3)21-18(23)15-9-7-13(4)8-10-15/h6-10,12,14,16H,1,11H2,2-5H3,(H,20,22)(H,21,23)/t14?,16-/m0/s1. The van der Waals surface area contributed by atoms with E-state index in [0.717, 1.165) is 5.56 Å². The van der Waals surface area contributed by atoms with Gasteiger partial charge in [0.05, 0.1) is 0 Å². The molecule has 1 rings (SSSR count). The Morgan fingerprint density at radius 2 is 1.76 bits per heavy atom. The normalized spacial score (nSPS) is 12.8. The van der Waals surface area contributed by atoms with E-state index in [2.05, 4.69) is 17.2 Å². The summed E-state index contributed by atoms with van der Waals surface area (Å²) in [7, 11) is 0. The Morgan fingerprint density at radius 1 is 1.16 bits per heavy atom. The molecular weight excluding hydrogens is 320 g/mol. The van der Waals surface area contributed by atoms with E-state index in [9.17, 15) is 14.4 Å². The van der Waals surface area contributed by atoms with Crippen LogP contribution in [-0.4, -0.2) is 36.5 Å². The van der Waals surface area contributed by atoms with E-state index < -0.39 is 24.0 Å². The van der Waals surface area contributed by atoms with Crippen LogP contribution in [0.25, 0.3) is 0 Å². The summed E-state index contributed by atoms with van der Waals surface area (Å²) in [5.74, 6) is -1.61. The average molecular weight is 346 g/mol. The van der Waals surface area contributed by atoms with Gasteiger partial charge < -0.3 is 15.4 Å². The zero-order valence-electron chi connectivity index (χ0n) is 15.2. The second-order valence-corrected chi connectivity index (χ2v) is 6.17. The number of hydrogen-bond donors (Lipinski definition) is 2. The number of amides is 2. The van der Waals surface area contributed by atoms with E-state index >= 15 is 0 Å². The summed E-state index contributed by atoms with van der Waals surface area (Å²) in [6.45, 7) is 10.8. The van der Waals surface area contributed by atoms with Crippen molar-refractivity contribution in [1.82, 2.24) is 10.6 Å². The molecule has 0 saturated heterocycles. The third-order valence-corrected chi connectivity index (χ3v) is 3.60. The van der Waals surface area contributed by atoms with Crippen molar-refractivity contribution >= 4 is 17.8 Å². The predicted molar refractivity (Wildman–Crippen MR) is 96.0 cm³/mol. The van der Waals surface area contributed by atoms with Gasteiger partial charge in [0.15, 0.2) is 6.10 Å². The number of aryl methyl sites for hydroxylation is 1. The molecule has 0 aromatic heterocycles. The van der Waals surface area contributed by atoms with Crippen molar-refractivity contribution in [1.29, 1.82) is 0 Å². The molecule has 136 valence electrons. The molecule has 0 aliphatic rings. The largest absolute Gasteiger partial charge is 0.451 e. The quantitative estimate of drug-likeness (QED) is 0.557. The van der Waals surface area contributed by atoms with Crippen LogP contribution in [0.4, 0.5) is 0 Å². The highest BCUT2D eigenvalue weighted by Crippen LogP contribution is 2.09. The highest BCUT2D eigenvalue weighted by molar-refractivity contribution is 5.97. The first kappa shape index (κ1) is 20.4. The van der Waals surface area contributed by atoms with Crippen LogP contribution < -0.4 is 10.6 Å². The van der Waals surface area contributed by atoms with E-state index in [4.69, 9.17) is 4.74 Å². The number of ether oxygens (including phenoxy) is 1. The van der Waals surface area contributed by atoms with Crippen molar-refractivity contribution in [2.24, 2.45) is 5.92 Å². The lowest BCUT2D eigenvalue weighted by Crippen LogP contribution is -2.47. The molecule has 2 atom stereocenters. The molecule has 6 heteroatoms. The number of carbonyl (C=O) groups excluding carboxylic acids is 3. The van der Waals surface area contributed by atoms with Gasteiger partial charge in [-0.05, 0) is 31.9 Å². The molecule has 1 unspecified atom stereocenters. The van der Waals surface area contributed by atoms with Gasteiger partial charge in [-0.2, -0.15) is 0 Å². The lowest BCUT2D eigenvalue weighted by Gasteiger charge is -2.23. The molecule has 0 fully saturated rings. The van der Waals surface area contributed by atoms with Crippen molar-refractivity contribution in [2.45, 2.75) is 39.8 Å². The number of nitrogens with one attached hydrogen (secondary N) is 2.